The highest BCUT2D eigenvalue weighted by Gasteiger charge is 2.19. The van der Waals surface area contributed by atoms with Gasteiger partial charge in [-0.15, -0.1) is 0 Å². The molecule has 3 aromatic rings. The molecule has 40 heavy (non-hydrogen) atoms. The van der Waals surface area contributed by atoms with Crippen molar-refractivity contribution < 1.29 is 4.74 Å². The van der Waals surface area contributed by atoms with Gasteiger partial charge < -0.3 is 15.0 Å². The van der Waals surface area contributed by atoms with Crippen molar-refractivity contribution in [3.8, 4) is 0 Å². The molecule has 1 fully saturated rings. The van der Waals surface area contributed by atoms with E-state index in [1.54, 1.807) is 0 Å². The number of hydrogen-bond acceptors (Lipinski definition) is 6. The number of ether oxygens (including phenoxy) is 1. The Balaban J connectivity index is 1.56. The molecule has 0 amide bonds. The fourth-order valence-electron chi connectivity index (χ4n) is 4.71. The molecule has 1 aliphatic rings. The molecule has 0 atom stereocenters. The smallest absolute Gasteiger partial charge is 0.226 e. The summed E-state index contributed by atoms with van der Waals surface area (Å²) in [5.41, 5.74) is 7.66. The largest absolute Gasteiger partial charge is 0.385 e. The third-order valence-electron chi connectivity index (χ3n) is 6.93. The Hall–Kier alpha value is -4.03. The molecule has 0 aliphatic carbocycles. The first-order valence-electron chi connectivity index (χ1n) is 14.2. The second kappa shape index (κ2) is 15.5. The number of pyridine rings is 1. The Morgan fingerprint density at radius 1 is 1.00 bits per heavy atom. The fourth-order valence-corrected chi connectivity index (χ4v) is 4.71. The highest BCUT2D eigenvalue weighted by molar-refractivity contribution is 5.76. The molecule has 6 heteroatoms. The number of aryl methyl sites for hydroxylation is 2. The lowest BCUT2D eigenvalue weighted by molar-refractivity contribution is 0.122. The van der Waals surface area contributed by atoms with Gasteiger partial charge in [-0.25, -0.2) is 9.97 Å². The van der Waals surface area contributed by atoms with Crippen molar-refractivity contribution in [2.24, 2.45) is 0 Å². The van der Waals surface area contributed by atoms with Gasteiger partial charge in [0.2, 0.25) is 5.95 Å². The summed E-state index contributed by atoms with van der Waals surface area (Å²) in [7, 11) is 0. The molecule has 3 heterocycles. The van der Waals surface area contributed by atoms with Gasteiger partial charge in [0.15, 0.2) is 0 Å². The number of anilines is 1. The SMILES string of the molecule is C=C(/C=C/C(=C\C=C/C)c1nc(N2CCOCC2)nc(C)c1CCCc1cccnc1)NCCc1ccccc1. The molecule has 0 bridgehead atoms. The van der Waals surface area contributed by atoms with Crippen molar-refractivity contribution in [2.45, 2.75) is 39.5 Å². The average molecular weight is 536 g/mol. The minimum Gasteiger partial charge on any atom is -0.385 e. The van der Waals surface area contributed by atoms with E-state index >= 15 is 0 Å². The molecule has 208 valence electrons. The second-order valence-electron chi connectivity index (χ2n) is 9.92. The van der Waals surface area contributed by atoms with E-state index in [1.807, 2.05) is 43.6 Å². The lowest BCUT2D eigenvalue weighted by Crippen LogP contribution is -2.37. The van der Waals surface area contributed by atoms with E-state index in [2.05, 4.69) is 77.3 Å². The first kappa shape index (κ1) is 29.0. The van der Waals surface area contributed by atoms with Gasteiger partial charge in [0.1, 0.15) is 0 Å². The van der Waals surface area contributed by atoms with Crippen LogP contribution in [0.3, 0.4) is 0 Å². The van der Waals surface area contributed by atoms with Crippen molar-refractivity contribution >= 4 is 11.5 Å². The molecule has 1 aliphatic heterocycles. The van der Waals surface area contributed by atoms with Crippen LogP contribution in [-0.4, -0.2) is 47.8 Å². The summed E-state index contributed by atoms with van der Waals surface area (Å²) < 4.78 is 5.58. The number of morpholine rings is 1. The maximum absolute atomic E-state index is 5.58. The Kier molecular flexibility index (Phi) is 11.2. The van der Waals surface area contributed by atoms with Gasteiger partial charge in [0.05, 0.1) is 18.9 Å². The van der Waals surface area contributed by atoms with Crippen LogP contribution in [0.2, 0.25) is 0 Å². The number of aromatic nitrogens is 3. The van der Waals surface area contributed by atoms with E-state index < -0.39 is 0 Å². The van der Waals surface area contributed by atoms with Crippen molar-refractivity contribution in [1.29, 1.82) is 0 Å². The van der Waals surface area contributed by atoms with E-state index in [0.29, 0.717) is 13.2 Å². The molecule has 0 unspecified atom stereocenters. The maximum Gasteiger partial charge on any atom is 0.226 e. The van der Waals surface area contributed by atoms with Crippen LogP contribution < -0.4 is 10.2 Å². The number of hydrogen-bond donors (Lipinski definition) is 1. The molecular formula is C34H41N5O. The minimum atomic E-state index is 0.695. The van der Waals surface area contributed by atoms with E-state index in [4.69, 9.17) is 14.7 Å². The predicted molar refractivity (Wildman–Crippen MR) is 165 cm³/mol. The minimum absolute atomic E-state index is 0.695. The first-order valence-corrected chi connectivity index (χ1v) is 14.2. The topological polar surface area (TPSA) is 63.2 Å². The monoisotopic (exact) mass is 535 g/mol. The summed E-state index contributed by atoms with van der Waals surface area (Å²) in [6.07, 6.45) is 18.0. The molecule has 2 aromatic heterocycles. The molecule has 0 saturated carbocycles. The lowest BCUT2D eigenvalue weighted by atomic mass is 9.97. The molecule has 0 spiro atoms. The van der Waals surface area contributed by atoms with Crippen LogP contribution in [0, 0.1) is 6.92 Å². The molecule has 6 nitrogen and oxygen atoms in total. The van der Waals surface area contributed by atoms with Gasteiger partial charge in [0, 0.05) is 49.0 Å². The van der Waals surface area contributed by atoms with Crippen molar-refractivity contribution in [3.63, 3.8) is 0 Å². The standard InChI is InChI=1S/C34H41N5O/c1-4-5-15-31(18-17-27(2)36-21-19-29-11-7-6-8-12-29)33-32(16-9-13-30-14-10-20-35-26-30)28(3)37-34(38-33)39-22-24-40-25-23-39/h4-8,10-12,14-15,17-18,20,26,36H,2,9,13,16,19,21-25H2,1,3H3/b5-4-,18-17+,31-15+. The van der Waals surface area contributed by atoms with Gasteiger partial charge >= 0.3 is 0 Å². The Morgan fingerprint density at radius 3 is 2.55 bits per heavy atom. The van der Waals surface area contributed by atoms with Crippen LogP contribution in [0.4, 0.5) is 5.95 Å². The van der Waals surface area contributed by atoms with Crippen LogP contribution in [-0.2, 0) is 24.0 Å². The van der Waals surface area contributed by atoms with Gasteiger partial charge in [-0.2, -0.15) is 0 Å². The summed E-state index contributed by atoms with van der Waals surface area (Å²) in [6.45, 7) is 12.2. The average Bonchev–Trinajstić information content (AvgIpc) is 2.99. The Morgan fingerprint density at radius 2 is 1.80 bits per heavy atom. The summed E-state index contributed by atoms with van der Waals surface area (Å²) in [4.78, 5) is 16.6. The van der Waals surface area contributed by atoms with Crippen LogP contribution in [0.25, 0.3) is 5.57 Å². The van der Waals surface area contributed by atoms with Crippen LogP contribution >= 0.6 is 0 Å². The summed E-state index contributed by atoms with van der Waals surface area (Å²) in [5, 5.41) is 3.45. The zero-order valence-corrected chi connectivity index (χ0v) is 23.9. The van der Waals surface area contributed by atoms with Gasteiger partial charge in [-0.05, 0) is 68.4 Å². The van der Waals surface area contributed by atoms with Gasteiger partial charge in [0.25, 0.3) is 0 Å². The van der Waals surface area contributed by atoms with Gasteiger partial charge in [-0.1, -0.05) is 67.3 Å². The lowest BCUT2D eigenvalue weighted by Gasteiger charge is -2.28. The summed E-state index contributed by atoms with van der Waals surface area (Å²) >= 11 is 0. The summed E-state index contributed by atoms with van der Waals surface area (Å²) in [5.74, 6) is 0.770. The number of nitrogens with zero attached hydrogens (tertiary/aromatic N) is 4. The van der Waals surface area contributed by atoms with Crippen molar-refractivity contribution in [3.05, 3.63) is 126 Å². The van der Waals surface area contributed by atoms with E-state index in [9.17, 15) is 0 Å². The fraction of sp³-hybridized carbons (Fsp3) is 0.324. The van der Waals surface area contributed by atoms with Crippen molar-refractivity contribution in [1.82, 2.24) is 20.3 Å². The molecule has 0 radical (unpaired) electrons. The van der Waals surface area contributed by atoms with E-state index in [1.165, 1.54) is 16.7 Å². The highest BCUT2D eigenvalue weighted by Crippen LogP contribution is 2.26. The molecule has 1 aromatic carbocycles. The Bertz CT molecular complexity index is 1310. The quantitative estimate of drug-likeness (QED) is 0.269. The zero-order valence-electron chi connectivity index (χ0n) is 23.9. The third kappa shape index (κ3) is 8.75. The predicted octanol–water partition coefficient (Wildman–Crippen LogP) is 6.05. The number of allylic oxidation sites excluding steroid dienone is 6. The van der Waals surface area contributed by atoms with Crippen LogP contribution in [0.5, 0.6) is 0 Å². The van der Waals surface area contributed by atoms with Crippen LogP contribution in [0.15, 0.2) is 97.5 Å². The molecule has 1 saturated heterocycles. The van der Waals surface area contributed by atoms with E-state index in [0.717, 1.165) is 73.9 Å². The summed E-state index contributed by atoms with van der Waals surface area (Å²) in [6, 6.07) is 14.6. The van der Waals surface area contributed by atoms with Gasteiger partial charge in [-0.3, -0.25) is 4.98 Å². The van der Waals surface area contributed by atoms with Crippen LogP contribution in [0.1, 0.15) is 41.4 Å². The molecule has 4 rings (SSSR count). The second-order valence-corrected chi connectivity index (χ2v) is 9.92. The van der Waals surface area contributed by atoms with E-state index in [-0.39, 0.29) is 0 Å². The third-order valence-corrected chi connectivity index (χ3v) is 6.93. The maximum atomic E-state index is 5.58. The normalized spacial score (nSPS) is 14.2. The number of rotatable bonds is 13. The Labute approximate surface area is 239 Å². The number of nitrogens with one attached hydrogen (secondary N) is 1. The number of benzene rings is 1. The zero-order chi connectivity index (χ0) is 28.0. The first-order chi connectivity index (χ1) is 19.6. The van der Waals surface area contributed by atoms with Crippen molar-refractivity contribution in [2.75, 3.05) is 37.7 Å². The highest BCUT2D eigenvalue weighted by atomic mass is 16.5. The molecule has 1 N–H and O–H groups in total. The molecular weight excluding hydrogens is 494 g/mol.